The van der Waals surface area contributed by atoms with Crippen LogP contribution in [0.4, 0.5) is 11.4 Å². The third-order valence-corrected chi connectivity index (χ3v) is 2.45. The third kappa shape index (κ3) is 5.63. The molecule has 0 atom stereocenters. The molecule has 0 aliphatic carbocycles. The Morgan fingerprint density at radius 1 is 1.33 bits per heavy atom. The lowest BCUT2D eigenvalue weighted by molar-refractivity contribution is -0.868. The Bertz CT molecular complexity index is 416. The summed E-state index contributed by atoms with van der Waals surface area (Å²) in [6.45, 7) is 3.55. The van der Waals surface area contributed by atoms with Gasteiger partial charge in [-0.05, 0) is 18.6 Å². The fourth-order valence-electron chi connectivity index (χ4n) is 1.48. The molecule has 0 bridgehead atoms. The Kier molecular flexibility index (Phi) is 6.55. The van der Waals surface area contributed by atoms with Gasteiger partial charge in [0, 0.05) is 6.07 Å². The second kappa shape index (κ2) is 6.89. The minimum atomic E-state index is -0.353. The number of nitrogens with one attached hydrogen (secondary N) is 1. The third-order valence-electron chi connectivity index (χ3n) is 2.45. The summed E-state index contributed by atoms with van der Waals surface area (Å²) in [5, 5.41) is 14.0. The summed E-state index contributed by atoms with van der Waals surface area (Å²) in [7, 11) is 6.27. The van der Waals surface area contributed by atoms with Gasteiger partial charge in [0.05, 0.1) is 39.2 Å². The van der Waals surface area contributed by atoms with Crippen LogP contribution in [0.2, 0.25) is 0 Å². The fourth-order valence-corrected chi connectivity index (χ4v) is 1.48. The van der Waals surface area contributed by atoms with E-state index in [2.05, 4.69) is 26.5 Å². The Labute approximate surface area is 125 Å². The molecule has 0 saturated heterocycles. The summed E-state index contributed by atoms with van der Waals surface area (Å²) in [5.74, 6) is 0. The Morgan fingerprint density at radius 2 is 1.94 bits per heavy atom. The van der Waals surface area contributed by atoms with Crippen molar-refractivity contribution in [1.82, 2.24) is 0 Å². The van der Waals surface area contributed by atoms with E-state index in [-0.39, 0.29) is 34.6 Å². The number of hydrogen-bond acceptors (Lipinski definition) is 3. The van der Waals surface area contributed by atoms with E-state index in [9.17, 15) is 10.1 Å². The highest BCUT2D eigenvalue weighted by molar-refractivity contribution is 5.62. The van der Waals surface area contributed by atoms with E-state index < -0.39 is 0 Å². The highest BCUT2D eigenvalue weighted by atomic mass is 127. The second-order valence-electron chi connectivity index (χ2n) is 5.22. The predicted molar refractivity (Wildman–Crippen MR) is 69.2 cm³/mol. The van der Waals surface area contributed by atoms with Crippen LogP contribution in [0.3, 0.4) is 0 Å². The normalized spacial score (nSPS) is 10.7. The average Bonchev–Trinajstić information content (AvgIpc) is 2.15. The molecular weight excluding hydrogens is 345 g/mol. The highest BCUT2D eigenvalue weighted by Gasteiger charge is 2.14. The molecule has 0 unspecified atom stereocenters. The van der Waals surface area contributed by atoms with Gasteiger partial charge in [0.15, 0.2) is 0 Å². The summed E-state index contributed by atoms with van der Waals surface area (Å²) >= 11 is 0. The van der Waals surface area contributed by atoms with Crippen LogP contribution >= 0.6 is 0 Å². The lowest BCUT2D eigenvalue weighted by Gasteiger charge is -2.24. The first kappa shape index (κ1) is 17.1. The van der Waals surface area contributed by atoms with Crippen molar-refractivity contribution in [2.75, 3.05) is 39.5 Å². The van der Waals surface area contributed by atoms with E-state index in [4.69, 9.17) is 0 Å². The van der Waals surface area contributed by atoms with E-state index in [1.165, 1.54) is 0 Å². The van der Waals surface area contributed by atoms with Crippen LogP contribution in [0, 0.1) is 17.0 Å². The molecule has 6 heteroatoms. The van der Waals surface area contributed by atoms with Crippen LogP contribution in [-0.2, 0) is 0 Å². The lowest BCUT2D eigenvalue weighted by atomic mass is 10.2. The van der Waals surface area contributed by atoms with E-state index in [0.29, 0.717) is 12.2 Å². The zero-order valence-corrected chi connectivity index (χ0v) is 13.4. The lowest BCUT2D eigenvalue weighted by Crippen LogP contribution is -3.00. The van der Waals surface area contributed by atoms with Crippen molar-refractivity contribution < 1.29 is 33.4 Å². The van der Waals surface area contributed by atoms with Gasteiger partial charge in [-0.1, -0.05) is 6.07 Å². The molecule has 0 fully saturated rings. The summed E-state index contributed by atoms with van der Waals surface area (Å²) in [6, 6.07) is 5.11. The van der Waals surface area contributed by atoms with Crippen molar-refractivity contribution in [1.29, 1.82) is 0 Å². The Balaban J connectivity index is 0.00000289. The quantitative estimate of drug-likeness (QED) is 0.316. The SMILES string of the molecule is Cc1ccc([N+](=O)[O-])c(NCC[N+](C)(C)C)c1.[I-]. The number of nitro groups is 1. The van der Waals surface area contributed by atoms with Crippen molar-refractivity contribution in [3.05, 3.63) is 33.9 Å². The number of hydrogen-bond donors (Lipinski definition) is 1. The first-order valence-electron chi connectivity index (χ1n) is 5.59. The van der Waals surface area contributed by atoms with E-state index >= 15 is 0 Å². The summed E-state index contributed by atoms with van der Waals surface area (Å²) in [6.07, 6.45) is 0. The van der Waals surface area contributed by atoms with Gasteiger partial charge in [0.2, 0.25) is 0 Å². The minimum absolute atomic E-state index is 0. The summed E-state index contributed by atoms with van der Waals surface area (Å²) < 4.78 is 0.826. The van der Waals surface area contributed by atoms with Crippen LogP contribution in [0.1, 0.15) is 5.56 Å². The molecule has 0 amide bonds. The van der Waals surface area contributed by atoms with E-state index in [0.717, 1.165) is 16.6 Å². The molecule has 1 aromatic rings. The summed E-state index contributed by atoms with van der Waals surface area (Å²) in [4.78, 5) is 10.5. The smallest absolute Gasteiger partial charge is 0.292 e. The van der Waals surface area contributed by atoms with Gasteiger partial charge in [-0.25, -0.2) is 0 Å². The Morgan fingerprint density at radius 3 is 2.44 bits per heavy atom. The minimum Gasteiger partial charge on any atom is -1.00 e. The number of nitro benzene ring substituents is 1. The van der Waals surface area contributed by atoms with Crippen LogP contribution in [0.5, 0.6) is 0 Å². The number of halogens is 1. The van der Waals surface area contributed by atoms with Gasteiger partial charge in [-0.2, -0.15) is 0 Å². The standard InChI is InChI=1S/C12H20N3O2.HI/c1-10-5-6-12(14(16)17)11(9-10)13-7-8-15(2,3)4;/h5-6,9,13H,7-8H2,1-4H3;1H/q+1;/p-1. The van der Waals surface area contributed by atoms with E-state index in [1.54, 1.807) is 12.1 Å². The molecule has 0 aliphatic heterocycles. The van der Waals surface area contributed by atoms with Crippen molar-refractivity contribution in [3.8, 4) is 0 Å². The van der Waals surface area contributed by atoms with Gasteiger partial charge in [-0.15, -0.1) is 0 Å². The molecule has 102 valence electrons. The maximum atomic E-state index is 10.9. The molecule has 5 nitrogen and oxygen atoms in total. The number of quaternary nitrogens is 1. The molecule has 0 heterocycles. The Hall–Kier alpha value is -0.890. The van der Waals surface area contributed by atoms with Gasteiger partial charge in [0.1, 0.15) is 5.69 Å². The van der Waals surface area contributed by atoms with Crippen LogP contribution < -0.4 is 29.3 Å². The molecule has 1 aromatic carbocycles. The molecule has 0 spiro atoms. The molecule has 1 rings (SSSR count). The predicted octanol–water partition coefficient (Wildman–Crippen LogP) is -0.975. The molecule has 1 N–H and O–H groups in total. The molecule has 0 radical (unpaired) electrons. The van der Waals surface area contributed by atoms with Crippen molar-refractivity contribution in [2.24, 2.45) is 0 Å². The van der Waals surface area contributed by atoms with Gasteiger partial charge >= 0.3 is 0 Å². The monoisotopic (exact) mass is 365 g/mol. The zero-order chi connectivity index (χ0) is 13.1. The molecule has 18 heavy (non-hydrogen) atoms. The largest absolute Gasteiger partial charge is 1.00 e. The van der Waals surface area contributed by atoms with Crippen molar-refractivity contribution in [3.63, 3.8) is 0 Å². The van der Waals surface area contributed by atoms with Gasteiger partial charge in [0.25, 0.3) is 5.69 Å². The number of likely N-dealkylation sites (N-methyl/N-ethyl adjacent to an activating group) is 1. The second-order valence-corrected chi connectivity index (χ2v) is 5.22. The van der Waals surface area contributed by atoms with Crippen molar-refractivity contribution >= 4 is 11.4 Å². The number of anilines is 1. The van der Waals surface area contributed by atoms with Crippen LogP contribution in [0.15, 0.2) is 18.2 Å². The van der Waals surface area contributed by atoms with Crippen molar-refractivity contribution in [2.45, 2.75) is 6.92 Å². The molecule has 0 aliphatic rings. The van der Waals surface area contributed by atoms with Crippen LogP contribution in [-0.4, -0.2) is 43.6 Å². The van der Waals surface area contributed by atoms with Gasteiger partial charge < -0.3 is 33.8 Å². The molecular formula is C12H20IN3O2. The van der Waals surface area contributed by atoms with Gasteiger partial charge in [-0.3, -0.25) is 10.1 Å². The highest BCUT2D eigenvalue weighted by Crippen LogP contribution is 2.24. The van der Waals surface area contributed by atoms with Crippen LogP contribution in [0.25, 0.3) is 0 Å². The topological polar surface area (TPSA) is 55.2 Å². The first-order valence-corrected chi connectivity index (χ1v) is 5.59. The number of rotatable bonds is 5. The molecule has 0 saturated carbocycles. The number of nitrogens with zero attached hydrogens (tertiary/aromatic N) is 2. The summed E-state index contributed by atoms with van der Waals surface area (Å²) in [5.41, 5.74) is 1.75. The van der Waals surface area contributed by atoms with E-state index in [1.807, 2.05) is 13.0 Å². The maximum absolute atomic E-state index is 10.9. The number of aryl methyl sites for hydroxylation is 1. The fraction of sp³-hybridized carbons (Fsp3) is 0.500. The average molecular weight is 365 g/mol. The molecule has 0 aromatic heterocycles. The first-order chi connectivity index (χ1) is 7.79. The number of benzene rings is 1. The zero-order valence-electron chi connectivity index (χ0n) is 11.2. The maximum Gasteiger partial charge on any atom is 0.292 e.